The summed E-state index contributed by atoms with van der Waals surface area (Å²) in [6.07, 6.45) is -0.770. The van der Waals surface area contributed by atoms with Crippen molar-refractivity contribution in [3.63, 3.8) is 0 Å². The van der Waals surface area contributed by atoms with Gasteiger partial charge in [0.1, 0.15) is 5.60 Å². The predicted octanol–water partition coefficient (Wildman–Crippen LogP) is 1.95. The first-order valence-corrected chi connectivity index (χ1v) is 6.21. The van der Waals surface area contributed by atoms with Gasteiger partial charge in [0.2, 0.25) is 0 Å². The van der Waals surface area contributed by atoms with Crippen LogP contribution in [0.2, 0.25) is 0 Å². The highest BCUT2D eigenvalue weighted by atomic mass is 16.7. The lowest BCUT2D eigenvalue weighted by atomic mass is 10.2. The van der Waals surface area contributed by atoms with Gasteiger partial charge in [-0.25, -0.2) is 4.79 Å². The van der Waals surface area contributed by atoms with E-state index in [-0.39, 0.29) is 6.61 Å². The Labute approximate surface area is 122 Å². The molecule has 0 heterocycles. The molecule has 112 valence electrons. The van der Waals surface area contributed by atoms with E-state index in [2.05, 4.69) is 5.32 Å². The first-order chi connectivity index (χ1) is 9.80. The normalized spacial score (nSPS) is 10.4. The number of nitrogens with one attached hydrogen (secondary N) is 2. The van der Waals surface area contributed by atoms with Gasteiger partial charge in [-0.3, -0.25) is 9.63 Å². The van der Waals surface area contributed by atoms with Crippen LogP contribution in [0, 0.1) is 11.3 Å². The number of nitriles is 1. The minimum absolute atomic E-state index is 0.362. The van der Waals surface area contributed by atoms with Gasteiger partial charge in [-0.1, -0.05) is 0 Å². The number of ether oxygens (including phenoxy) is 1. The van der Waals surface area contributed by atoms with Crippen LogP contribution >= 0.6 is 0 Å². The van der Waals surface area contributed by atoms with Gasteiger partial charge in [-0.15, -0.1) is 0 Å². The number of benzene rings is 1. The van der Waals surface area contributed by atoms with Crippen molar-refractivity contribution in [2.24, 2.45) is 0 Å². The number of amides is 2. The lowest BCUT2D eigenvalue weighted by molar-refractivity contribution is -0.122. The number of nitrogens with zero attached hydrogens (tertiary/aromatic N) is 1. The number of carbonyl (C=O) groups excluding carboxylic acids is 2. The molecule has 0 aliphatic carbocycles. The van der Waals surface area contributed by atoms with E-state index in [0.717, 1.165) is 0 Å². The molecule has 21 heavy (non-hydrogen) atoms. The van der Waals surface area contributed by atoms with Gasteiger partial charge >= 0.3 is 6.09 Å². The molecular weight excluding hydrogens is 274 g/mol. The van der Waals surface area contributed by atoms with Crippen LogP contribution in [-0.2, 0) is 14.4 Å². The van der Waals surface area contributed by atoms with Crippen molar-refractivity contribution in [2.45, 2.75) is 26.4 Å². The zero-order valence-corrected chi connectivity index (χ0v) is 12.1. The molecule has 0 saturated carbocycles. The van der Waals surface area contributed by atoms with Gasteiger partial charge in [0.15, 0.2) is 6.61 Å². The van der Waals surface area contributed by atoms with Crippen molar-refractivity contribution < 1.29 is 19.2 Å². The van der Waals surface area contributed by atoms with Crippen LogP contribution in [-0.4, -0.2) is 24.2 Å². The highest BCUT2D eigenvalue weighted by Crippen LogP contribution is 2.08. The van der Waals surface area contributed by atoms with Crippen LogP contribution < -0.4 is 10.8 Å². The standard InChI is InChI=1S/C14H17N3O4/c1-14(2,3)21-13(19)17-20-9-12(18)16-11-6-4-10(8-15)5-7-11/h4-7H,9H2,1-3H3,(H,16,18)(H,17,19). The zero-order valence-electron chi connectivity index (χ0n) is 12.1. The fourth-order valence-electron chi connectivity index (χ4n) is 1.28. The van der Waals surface area contributed by atoms with Crippen molar-refractivity contribution in [3.05, 3.63) is 29.8 Å². The summed E-state index contributed by atoms with van der Waals surface area (Å²) >= 11 is 0. The van der Waals surface area contributed by atoms with Crippen LogP contribution in [0.4, 0.5) is 10.5 Å². The van der Waals surface area contributed by atoms with Crippen molar-refractivity contribution in [1.82, 2.24) is 5.48 Å². The Hall–Kier alpha value is -2.59. The van der Waals surface area contributed by atoms with Crippen molar-refractivity contribution in [1.29, 1.82) is 5.26 Å². The zero-order chi connectivity index (χ0) is 15.9. The Morgan fingerprint density at radius 3 is 2.38 bits per heavy atom. The van der Waals surface area contributed by atoms with E-state index in [1.807, 2.05) is 11.5 Å². The summed E-state index contributed by atoms with van der Waals surface area (Å²) in [5.41, 5.74) is 2.39. The highest BCUT2D eigenvalue weighted by Gasteiger charge is 2.16. The summed E-state index contributed by atoms with van der Waals surface area (Å²) < 4.78 is 4.93. The third-order valence-electron chi connectivity index (χ3n) is 2.06. The van der Waals surface area contributed by atoms with Gasteiger partial charge < -0.3 is 10.1 Å². The smallest absolute Gasteiger partial charge is 0.431 e. The fourth-order valence-corrected chi connectivity index (χ4v) is 1.28. The lowest BCUT2D eigenvalue weighted by Gasteiger charge is -2.19. The Kier molecular flexibility index (Phi) is 5.69. The quantitative estimate of drug-likeness (QED) is 0.826. The molecule has 0 unspecified atom stereocenters. The topological polar surface area (TPSA) is 100 Å². The molecule has 0 saturated heterocycles. The monoisotopic (exact) mass is 291 g/mol. The van der Waals surface area contributed by atoms with Crippen molar-refractivity contribution in [3.8, 4) is 6.07 Å². The van der Waals surface area contributed by atoms with E-state index in [4.69, 9.17) is 14.8 Å². The number of anilines is 1. The van der Waals surface area contributed by atoms with Gasteiger partial charge in [0, 0.05) is 5.69 Å². The average molecular weight is 291 g/mol. The lowest BCUT2D eigenvalue weighted by Crippen LogP contribution is -2.34. The van der Waals surface area contributed by atoms with Crippen LogP contribution in [0.1, 0.15) is 26.3 Å². The molecule has 0 aliphatic heterocycles. The van der Waals surface area contributed by atoms with Gasteiger partial charge in [0.05, 0.1) is 11.6 Å². The molecule has 2 N–H and O–H groups in total. The van der Waals surface area contributed by atoms with E-state index in [1.54, 1.807) is 45.0 Å². The van der Waals surface area contributed by atoms with E-state index in [9.17, 15) is 9.59 Å². The van der Waals surface area contributed by atoms with E-state index < -0.39 is 17.6 Å². The molecule has 0 fully saturated rings. The maximum Gasteiger partial charge on any atom is 0.431 e. The molecule has 0 aliphatic rings. The minimum atomic E-state index is -0.770. The summed E-state index contributed by atoms with van der Waals surface area (Å²) in [4.78, 5) is 27.5. The fraction of sp³-hybridized carbons (Fsp3) is 0.357. The average Bonchev–Trinajstić information content (AvgIpc) is 2.37. The molecule has 7 heteroatoms. The first kappa shape index (κ1) is 16.5. The molecule has 1 aromatic carbocycles. The molecular formula is C14H17N3O4. The first-order valence-electron chi connectivity index (χ1n) is 6.21. The third-order valence-corrected chi connectivity index (χ3v) is 2.06. The maximum absolute atomic E-state index is 11.5. The van der Waals surface area contributed by atoms with Crippen molar-refractivity contribution in [2.75, 3.05) is 11.9 Å². The number of hydrogen-bond acceptors (Lipinski definition) is 5. The molecule has 0 aromatic heterocycles. The number of rotatable bonds is 4. The second kappa shape index (κ2) is 7.26. The Balaban J connectivity index is 2.31. The van der Waals surface area contributed by atoms with Gasteiger partial charge in [-0.2, -0.15) is 10.7 Å². The molecule has 0 atom stereocenters. The SMILES string of the molecule is CC(C)(C)OC(=O)NOCC(=O)Nc1ccc(C#N)cc1. The van der Waals surface area contributed by atoms with Crippen LogP contribution in [0.3, 0.4) is 0 Å². The Morgan fingerprint density at radius 2 is 1.86 bits per heavy atom. The van der Waals surface area contributed by atoms with Crippen molar-refractivity contribution >= 4 is 17.7 Å². The van der Waals surface area contributed by atoms with Crippen LogP contribution in [0.5, 0.6) is 0 Å². The minimum Gasteiger partial charge on any atom is -0.442 e. The maximum atomic E-state index is 11.5. The largest absolute Gasteiger partial charge is 0.442 e. The molecule has 2 amide bonds. The van der Waals surface area contributed by atoms with Gasteiger partial charge in [0.25, 0.3) is 5.91 Å². The van der Waals surface area contributed by atoms with E-state index in [1.165, 1.54) is 0 Å². The predicted molar refractivity (Wildman–Crippen MR) is 75.1 cm³/mol. The molecule has 7 nitrogen and oxygen atoms in total. The molecule has 0 radical (unpaired) electrons. The van der Waals surface area contributed by atoms with Crippen LogP contribution in [0.25, 0.3) is 0 Å². The number of carbonyl (C=O) groups is 2. The second-order valence-corrected chi connectivity index (χ2v) is 5.13. The number of hydrogen-bond donors (Lipinski definition) is 2. The molecule has 0 spiro atoms. The summed E-state index contributed by atoms with van der Waals surface area (Å²) in [6.45, 7) is 4.78. The van der Waals surface area contributed by atoms with Gasteiger partial charge in [-0.05, 0) is 45.0 Å². The van der Waals surface area contributed by atoms with E-state index in [0.29, 0.717) is 11.3 Å². The summed E-state index contributed by atoms with van der Waals surface area (Å²) in [5.74, 6) is -0.448. The molecule has 1 aromatic rings. The summed E-state index contributed by atoms with van der Waals surface area (Å²) in [6, 6.07) is 8.32. The Morgan fingerprint density at radius 1 is 1.24 bits per heavy atom. The number of hydroxylamine groups is 1. The summed E-state index contributed by atoms with van der Waals surface area (Å²) in [5, 5.41) is 11.2. The highest BCUT2D eigenvalue weighted by molar-refractivity contribution is 5.91. The molecule has 1 rings (SSSR count). The van der Waals surface area contributed by atoms with E-state index >= 15 is 0 Å². The summed E-state index contributed by atoms with van der Waals surface area (Å²) in [7, 11) is 0. The Bertz CT molecular complexity index is 541. The van der Waals surface area contributed by atoms with Crippen LogP contribution in [0.15, 0.2) is 24.3 Å². The molecule has 0 bridgehead atoms. The third kappa shape index (κ3) is 6.94. The second-order valence-electron chi connectivity index (χ2n) is 5.13.